The number of allylic oxidation sites excluding steroid dienone is 2. The van der Waals surface area contributed by atoms with E-state index in [-0.39, 0.29) is 0 Å². The first-order valence-corrected chi connectivity index (χ1v) is 6.31. The molecule has 0 nitrogen and oxygen atoms in total. The minimum Gasteiger partial charge on any atom is -0.0933 e. The molecule has 2 rings (SSSR count). The van der Waals surface area contributed by atoms with E-state index in [0.717, 1.165) is 5.82 Å². The molecule has 0 amide bonds. The van der Waals surface area contributed by atoms with Crippen LogP contribution in [0.2, 0.25) is 11.1 Å². The summed E-state index contributed by atoms with van der Waals surface area (Å²) in [5, 5.41) is 0.569. The van der Waals surface area contributed by atoms with Gasteiger partial charge in [-0.15, -0.1) is 0 Å². The van der Waals surface area contributed by atoms with E-state index in [1.165, 1.54) is 51.4 Å². The van der Waals surface area contributed by atoms with E-state index in [1.54, 1.807) is 0 Å². The third-order valence-electron chi connectivity index (χ3n) is 3.90. The molecule has 0 aliphatic heterocycles. The van der Waals surface area contributed by atoms with Gasteiger partial charge in [-0.2, -0.15) is 0 Å². The van der Waals surface area contributed by atoms with Crippen LogP contribution in [-0.4, -0.2) is 7.28 Å². The average molecular weight is 189 g/mol. The smallest absolute Gasteiger partial charge is 0.0933 e. The van der Waals surface area contributed by atoms with E-state index >= 15 is 0 Å². The van der Waals surface area contributed by atoms with E-state index in [2.05, 4.69) is 26.4 Å². The minimum atomic E-state index is 0.569. The van der Waals surface area contributed by atoms with Gasteiger partial charge in [0.25, 0.3) is 0 Å². The highest BCUT2D eigenvalue weighted by atomic mass is 14.3. The molecule has 1 radical (unpaired) electrons. The van der Waals surface area contributed by atoms with Gasteiger partial charge in [0.1, 0.15) is 7.28 Å². The summed E-state index contributed by atoms with van der Waals surface area (Å²) in [4.78, 5) is 0. The molecule has 14 heavy (non-hydrogen) atoms. The van der Waals surface area contributed by atoms with E-state index in [1.807, 2.05) is 0 Å². The van der Waals surface area contributed by atoms with Crippen LogP contribution < -0.4 is 0 Å². The van der Waals surface area contributed by atoms with Crippen LogP contribution in [0.5, 0.6) is 0 Å². The van der Waals surface area contributed by atoms with Crippen LogP contribution in [0.3, 0.4) is 0 Å². The molecule has 0 saturated heterocycles. The first-order chi connectivity index (χ1) is 6.79. The molecule has 1 saturated carbocycles. The zero-order chi connectivity index (χ0) is 9.86. The van der Waals surface area contributed by atoms with Crippen LogP contribution in [0.15, 0.2) is 12.2 Å². The van der Waals surface area contributed by atoms with Gasteiger partial charge >= 0.3 is 0 Å². The average Bonchev–Trinajstić information content (AvgIpc) is 2.43. The largest absolute Gasteiger partial charge is 0.126 e. The molecule has 0 aromatic heterocycles. The third kappa shape index (κ3) is 2.65. The Morgan fingerprint density at radius 3 is 2.71 bits per heavy atom. The Hall–Kier alpha value is -0.195. The van der Waals surface area contributed by atoms with Crippen LogP contribution in [0.4, 0.5) is 0 Å². The van der Waals surface area contributed by atoms with Crippen molar-refractivity contribution in [2.24, 2.45) is 0 Å². The van der Waals surface area contributed by atoms with Gasteiger partial charge in [0.05, 0.1) is 0 Å². The summed E-state index contributed by atoms with van der Waals surface area (Å²) in [5.74, 6) is 0.778. The van der Waals surface area contributed by atoms with E-state index in [4.69, 9.17) is 0 Å². The van der Waals surface area contributed by atoms with Gasteiger partial charge in [-0.05, 0) is 12.8 Å². The fraction of sp³-hybridized carbons (Fsp3) is 0.846. The molecule has 0 N–H and O–H groups in total. The Morgan fingerprint density at radius 1 is 1.14 bits per heavy atom. The van der Waals surface area contributed by atoms with Crippen molar-refractivity contribution in [3.05, 3.63) is 12.2 Å². The summed E-state index contributed by atoms with van der Waals surface area (Å²) >= 11 is 0. The molecule has 1 atom stereocenters. The first-order valence-electron chi connectivity index (χ1n) is 6.31. The molecule has 1 unspecified atom stereocenters. The molecule has 0 bridgehead atoms. The highest BCUT2D eigenvalue weighted by Gasteiger charge is 2.31. The maximum atomic E-state index is 2.65. The van der Waals surface area contributed by atoms with Crippen molar-refractivity contribution in [3.8, 4) is 0 Å². The standard InChI is InChI=1S/C13H22B/c1-13(10-6-7-11-13)14-12-8-4-2-3-5-9-12/h4,8,12H,2-3,5-7,9-11H2,1H3. The second kappa shape index (κ2) is 4.55. The van der Waals surface area contributed by atoms with Crippen LogP contribution in [0, 0.1) is 0 Å². The van der Waals surface area contributed by atoms with Crippen LogP contribution in [-0.2, 0) is 0 Å². The van der Waals surface area contributed by atoms with Crippen LogP contribution in [0.25, 0.3) is 0 Å². The van der Waals surface area contributed by atoms with Gasteiger partial charge in [-0.3, -0.25) is 0 Å². The Bertz CT molecular complexity index is 201. The van der Waals surface area contributed by atoms with Gasteiger partial charge in [-0.1, -0.05) is 68.7 Å². The van der Waals surface area contributed by atoms with Gasteiger partial charge in [-0.25, -0.2) is 0 Å². The van der Waals surface area contributed by atoms with Crippen molar-refractivity contribution in [1.82, 2.24) is 0 Å². The molecule has 2 aliphatic rings. The van der Waals surface area contributed by atoms with Gasteiger partial charge < -0.3 is 0 Å². The monoisotopic (exact) mass is 189 g/mol. The molecule has 0 spiro atoms. The van der Waals surface area contributed by atoms with Gasteiger partial charge in [0.2, 0.25) is 0 Å². The predicted octanol–water partition coefficient (Wildman–Crippen LogP) is 4.36. The van der Waals surface area contributed by atoms with Crippen molar-refractivity contribution in [2.45, 2.75) is 69.4 Å². The second-order valence-electron chi connectivity index (χ2n) is 5.40. The summed E-state index contributed by atoms with van der Waals surface area (Å²) in [6, 6.07) is 0. The Kier molecular flexibility index (Phi) is 3.36. The van der Waals surface area contributed by atoms with Crippen molar-refractivity contribution >= 4 is 7.28 Å². The van der Waals surface area contributed by atoms with Crippen molar-refractivity contribution in [1.29, 1.82) is 0 Å². The Balaban J connectivity index is 1.88. The highest BCUT2D eigenvalue weighted by Crippen LogP contribution is 2.46. The zero-order valence-corrected chi connectivity index (χ0v) is 9.47. The normalized spacial score (nSPS) is 31.4. The van der Waals surface area contributed by atoms with Crippen molar-refractivity contribution < 1.29 is 0 Å². The summed E-state index contributed by atoms with van der Waals surface area (Å²) < 4.78 is 0. The molecular weight excluding hydrogens is 167 g/mol. The quantitative estimate of drug-likeness (QED) is 0.447. The summed E-state index contributed by atoms with van der Waals surface area (Å²) in [5.41, 5.74) is 0. The van der Waals surface area contributed by atoms with Gasteiger partial charge in [0, 0.05) is 0 Å². The molecule has 77 valence electrons. The first kappa shape index (κ1) is 10.3. The Labute approximate surface area is 89.4 Å². The topological polar surface area (TPSA) is 0 Å². The summed E-state index contributed by atoms with van der Waals surface area (Å²) in [6.07, 6.45) is 16.1. The maximum Gasteiger partial charge on any atom is 0.126 e. The second-order valence-corrected chi connectivity index (χ2v) is 5.40. The molecule has 0 aromatic carbocycles. The lowest BCUT2D eigenvalue weighted by molar-refractivity contribution is 0.612. The van der Waals surface area contributed by atoms with Crippen molar-refractivity contribution in [3.63, 3.8) is 0 Å². The molecule has 1 fully saturated rings. The lowest BCUT2D eigenvalue weighted by Crippen LogP contribution is -2.17. The molecule has 0 heterocycles. The van der Waals surface area contributed by atoms with E-state index in [9.17, 15) is 0 Å². The SMILES string of the molecule is CC1([B]C2C=CCCCC2)CCCC1. The van der Waals surface area contributed by atoms with Crippen molar-refractivity contribution in [2.75, 3.05) is 0 Å². The zero-order valence-electron chi connectivity index (χ0n) is 9.47. The van der Waals surface area contributed by atoms with Crippen LogP contribution in [0.1, 0.15) is 58.3 Å². The lowest BCUT2D eigenvalue weighted by Gasteiger charge is -2.26. The summed E-state index contributed by atoms with van der Waals surface area (Å²) in [6.45, 7) is 2.46. The molecule has 2 aliphatic carbocycles. The molecular formula is C13H22B. The fourth-order valence-corrected chi connectivity index (χ4v) is 3.01. The number of rotatable bonds is 2. The highest BCUT2D eigenvalue weighted by molar-refractivity contribution is 6.42. The van der Waals surface area contributed by atoms with E-state index < -0.39 is 0 Å². The lowest BCUT2D eigenvalue weighted by atomic mass is 9.45. The number of hydrogen-bond donors (Lipinski definition) is 0. The Morgan fingerprint density at radius 2 is 1.93 bits per heavy atom. The van der Waals surface area contributed by atoms with Crippen LogP contribution >= 0.6 is 0 Å². The third-order valence-corrected chi connectivity index (χ3v) is 3.90. The fourth-order valence-electron chi connectivity index (χ4n) is 3.01. The molecule has 0 aromatic rings. The predicted molar refractivity (Wildman–Crippen MR) is 63.9 cm³/mol. The summed E-state index contributed by atoms with van der Waals surface area (Å²) in [7, 11) is 2.65. The minimum absolute atomic E-state index is 0.569. The number of hydrogen-bond acceptors (Lipinski definition) is 0. The molecule has 1 heteroatoms. The van der Waals surface area contributed by atoms with E-state index in [0.29, 0.717) is 5.31 Å². The van der Waals surface area contributed by atoms with Gasteiger partial charge in [0.15, 0.2) is 0 Å². The maximum absolute atomic E-state index is 2.65.